The summed E-state index contributed by atoms with van der Waals surface area (Å²) in [5.41, 5.74) is 0.330. The summed E-state index contributed by atoms with van der Waals surface area (Å²) >= 11 is 0. The summed E-state index contributed by atoms with van der Waals surface area (Å²) in [5, 5.41) is 0. The molecule has 0 N–H and O–H groups in total. The van der Waals surface area contributed by atoms with E-state index in [1.165, 1.54) is 0 Å². The highest BCUT2D eigenvalue weighted by molar-refractivity contribution is 6.07. The monoisotopic (exact) mass is 329 g/mol. The number of nitrogens with zero attached hydrogens (tertiary/aromatic N) is 3. The number of hydrogen-bond donors (Lipinski definition) is 0. The molecule has 0 aromatic heterocycles. The number of rotatable bonds is 5. The van der Waals surface area contributed by atoms with Gasteiger partial charge in [0.25, 0.3) is 0 Å². The maximum Gasteiger partial charge on any atom is 0.238 e. The molecule has 0 radical (unpaired) electrons. The molecule has 1 heterocycles. The fourth-order valence-electron chi connectivity index (χ4n) is 3.39. The topological polar surface area (TPSA) is 43.9 Å². The number of amides is 2. The van der Waals surface area contributed by atoms with Crippen molar-refractivity contribution in [3.05, 3.63) is 35.9 Å². The van der Waals surface area contributed by atoms with Gasteiger partial charge in [-0.15, -0.1) is 0 Å². The van der Waals surface area contributed by atoms with Crippen molar-refractivity contribution in [1.29, 1.82) is 0 Å². The van der Waals surface area contributed by atoms with Crippen LogP contribution in [0.25, 0.3) is 0 Å². The molecule has 1 aromatic carbocycles. The molecule has 5 nitrogen and oxygen atoms in total. The van der Waals surface area contributed by atoms with Gasteiger partial charge in [0.05, 0.1) is 0 Å². The first-order valence-electron chi connectivity index (χ1n) is 8.88. The number of carbonyl (C=O) groups is 2. The molecule has 1 aliphatic heterocycles. The Morgan fingerprint density at radius 1 is 1.08 bits per heavy atom. The number of likely N-dealkylation sites (N-methyl/N-ethyl adjacent to an activating group) is 1. The van der Waals surface area contributed by atoms with E-state index < -0.39 is 5.41 Å². The van der Waals surface area contributed by atoms with Crippen LogP contribution in [-0.4, -0.2) is 66.3 Å². The Morgan fingerprint density at radius 3 is 2.25 bits per heavy atom. The smallest absolute Gasteiger partial charge is 0.238 e. The normalized spacial score (nSPS) is 19.8. The van der Waals surface area contributed by atoms with Crippen LogP contribution in [0.2, 0.25) is 0 Å². The van der Waals surface area contributed by atoms with E-state index in [1.54, 1.807) is 0 Å². The van der Waals surface area contributed by atoms with Gasteiger partial charge in [0, 0.05) is 39.3 Å². The van der Waals surface area contributed by atoms with Gasteiger partial charge in [0.1, 0.15) is 5.41 Å². The van der Waals surface area contributed by atoms with Crippen molar-refractivity contribution < 1.29 is 9.59 Å². The highest BCUT2D eigenvalue weighted by atomic mass is 16.2. The van der Waals surface area contributed by atoms with Crippen LogP contribution in [0.4, 0.5) is 0 Å². The highest BCUT2D eigenvalue weighted by Gasteiger charge is 2.59. The second-order valence-corrected chi connectivity index (χ2v) is 6.98. The zero-order chi connectivity index (χ0) is 17.2. The molecular weight excluding hydrogens is 302 g/mol. The second-order valence-electron chi connectivity index (χ2n) is 6.98. The Hall–Kier alpha value is -1.88. The minimum atomic E-state index is -0.777. The predicted octanol–water partition coefficient (Wildman–Crippen LogP) is 1.59. The van der Waals surface area contributed by atoms with Gasteiger partial charge in [-0.25, -0.2) is 0 Å². The van der Waals surface area contributed by atoms with Crippen molar-refractivity contribution in [2.75, 3.05) is 39.8 Å². The maximum absolute atomic E-state index is 13.1. The van der Waals surface area contributed by atoms with E-state index in [0.29, 0.717) is 25.9 Å². The van der Waals surface area contributed by atoms with Gasteiger partial charge in [-0.05, 0) is 32.4 Å². The molecule has 1 aromatic rings. The largest absolute Gasteiger partial charge is 0.339 e. The summed E-state index contributed by atoms with van der Waals surface area (Å²) in [6.07, 6.45) is 1.39. The average molecular weight is 329 g/mol. The first-order valence-corrected chi connectivity index (χ1v) is 8.88. The molecule has 3 rings (SSSR count). The summed E-state index contributed by atoms with van der Waals surface area (Å²) in [6, 6.07) is 9.99. The standard InChI is InChI=1S/C19H27N3O2/c1-3-21(15-16-7-5-4-6-8-16)17(23)19(9-10-19)18(24)22-13-11-20(2)12-14-22/h4-8H,3,9-15H2,1-2H3. The number of hydrogen-bond acceptors (Lipinski definition) is 3. The summed E-state index contributed by atoms with van der Waals surface area (Å²) in [4.78, 5) is 32.0. The van der Waals surface area contributed by atoms with Gasteiger partial charge in [-0.2, -0.15) is 0 Å². The van der Waals surface area contributed by atoms with Crippen molar-refractivity contribution in [2.24, 2.45) is 5.41 Å². The zero-order valence-electron chi connectivity index (χ0n) is 14.7. The third-order valence-corrected chi connectivity index (χ3v) is 5.24. The van der Waals surface area contributed by atoms with Crippen LogP contribution in [0.5, 0.6) is 0 Å². The van der Waals surface area contributed by atoms with Gasteiger partial charge >= 0.3 is 0 Å². The molecule has 0 atom stereocenters. The van der Waals surface area contributed by atoms with Gasteiger partial charge in [0.15, 0.2) is 0 Å². The average Bonchev–Trinajstić information content (AvgIpc) is 3.42. The van der Waals surface area contributed by atoms with E-state index in [9.17, 15) is 9.59 Å². The van der Waals surface area contributed by atoms with Crippen LogP contribution in [0.3, 0.4) is 0 Å². The Morgan fingerprint density at radius 2 is 1.71 bits per heavy atom. The molecule has 1 saturated carbocycles. The van der Waals surface area contributed by atoms with Crippen molar-refractivity contribution in [3.63, 3.8) is 0 Å². The molecule has 2 amide bonds. The van der Waals surface area contributed by atoms with Gasteiger partial charge in [-0.1, -0.05) is 30.3 Å². The lowest BCUT2D eigenvalue weighted by Gasteiger charge is -2.35. The van der Waals surface area contributed by atoms with E-state index in [1.807, 2.05) is 47.1 Å². The van der Waals surface area contributed by atoms with E-state index >= 15 is 0 Å². The summed E-state index contributed by atoms with van der Waals surface area (Å²) in [6.45, 7) is 6.43. The minimum Gasteiger partial charge on any atom is -0.339 e. The van der Waals surface area contributed by atoms with Crippen LogP contribution in [0.1, 0.15) is 25.3 Å². The van der Waals surface area contributed by atoms with Gasteiger partial charge < -0.3 is 14.7 Å². The summed E-state index contributed by atoms with van der Waals surface area (Å²) in [7, 11) is 2.07. The van der Waals surface area contributed by atoms with Crippen LogP contribution < -0.4 is 0 Å². The van der Waals surface area contributed by atoms with Crippen molar-refractivity contribution >= 4 is 11.8 Å². The maximum atomic E-state index is 13.1. The first kappa shape index (κ1) is 17.0. The third kappa shape index (κ3) is 3.31. The van der Waals surface area contributed by atoms with Crippen molar-refractivity contribution in [2.45, 2.75) is 26.3 Å². The molecule has 130 valence electrons. The molecule has 2 fully saturated rings. The van der Waals surface area contributed by atoms with Crippen molar-refractivity contribution in [3.8, 4) is 0 Å². The fourth-order valence-corrected chi connectivity index (χ4v) is 3.39. The Balaban J connectivity index is 1.69. The molecule has 24 heavy (non-hydrogen) atoms. The summed E-state index contributed by atoms with van der Waals surface area (Å²) in [5.74, 6) is 0.0601. The van der Waals surface area contributed by atoms with Crippen molar-refractivity contribution in [1.82, 2.24) is 14.7 Å². The lowest BCUT2D eigenvalue weighted by atomic mass is 10.0. The molecule has 2 aliphatic rings. The lowest BCUT2D eigenvalue weighted by molar-refractivity contribution is -0.150. The SMILES string of the molecule is CCN(Cc1ccccc1)C(=O)C1(C(=O)N2CCN(C)CC2)CC1. The Bertz CT molecular complexity index is 590. The molecule has 5 heteroatoms. The molecule has 0 unspecified atom stereocenters. The first-order chi connectivity index (χ1) is 11.6. The fraction of sp³-hybridized carbons (Fsp3) is 0.579. The predicted molar refractivity (Wildman–Crippen MR) is 93.3 cm³/mol. The van der Waals surface area contributed by atoms with E-state index in [4.69, 9.17) is 0 Å². The van der Waals surface area contributed by atoms with E-state index in [0.717, 1.165) is 31.7 Å². The van der Waals surface area contributed by atoms with E-state index in [2.05, 4.69) is 11.9 Å². The van der Waals surface area contributed by atoms with Crippen LogP contribution in [-0.2, 0) is 16.1 Å². The molecular formula is C19H27N3O2. The quantitative estimate of drug-likeness (QED) is 0.771. The van der Waals surface area contributed by atoms with Gasteiger partial charge in [0.2, 0.25) is 11.8 Å². The lowest BCUT2D eigenvalue weighted by Crippen LogP contribution is -2.52. The molecule has 1 saturated heterocycles. The molecule has 0 bridgehead atoms. The Kier molecular flexibility index (Phi) is 4.90. The van der Waals surface area contributed by atoms with E-state index in [-0.39, 0.29) is 11.8 Å². The van der Waals surface area contributed by atoms with Crippen LogP contribution in [0, 0.1) is 5.41 Å². The second kappa shape index (κ2) is 6.93. The highest BCUT2D eigenvalue weighted by Crippen LogP contribution is 2.49. The van der Waals surface area contributed by atoms with Gasteiger partial charge in [-0.3, -0.25) is 9.59 Å². The number of piperazine rings is 1. The number of benzene rings is 1. The third-order valence-electron chi connectivity index (χ3n) is 5.24. The van der Waals surface area contributed by atoms with Crippen LogP contribution >= 0.6 is 0 Å². The molecule has 1 aliphatic carbocycles. The summed E-state index contributed by atoms with van der Waals surface area (Å²) < 4.78 is 0. The van der Waals surface area contributed by atoms with Crippen LogP contribution in [0.15, 0.2) is 30.3 Å². The Labute approximate surface area is 144 Å². The zero-order valence-corrected chi connectivity index (χ0v) is 14.7. The minimum absolute atomic E-state index is 0.0118. The number of carbonyl (C=O) groups excluding carboxylic acids is 2. The molecule has 0 spiro atoms.